The summed E-state index contributed by atoms with van der Waals surface area (Å²) in [6, 6.07) is 3.52. The van der Waals surface area contributed by atoms with Crippen molar-refractivity contribution in [2.24, 2.45) is 0 Å². The lowest BCUT2D eigenvalue weighted by molar-refractivity contribution is 0.195. The van der Waals surface area contributed by atoms with Crippen molar-refractivity contribution in [2.45, 2.75) is 59.3 Å². The first-order valence-corrected chi connectivity index (χ1v) is 11.7. The highest BCUT2D eigenvalue weighted by Gasteiger charge is 2.30. The molecule has 1 aromatic heterocycles. The lowest BCUT2D eigenvalue weighted by atomic mass is 10.1. The molecule has 0 bridgehead atoms. The molecule has 8 nitrogen and oxygen atoms in total. The van der Waals surface area contributed by atoms with Gasteiger partial charge in [-0.1, -0.05) is 11.6 Å². The molecule has 10 heteroatoms. The van der Waals surface area contributed by atoms with Crippen LogP contribution in [-0.2, 0) is 13.1 Å². The van der Waals surface area contributed by atoms with E-state index in [4.69, 9.17) is 22.1 Å². The predicted molar refractivity (Wildman–Crippen MR) is 131 cm³/mol. The lowest BCUT2D eigenvalue weighted by Gasteiger charge is -2.21. The molecule has 2 heterocycles. The average Bonchev–Trinajstić information content (AvgIpc) is 3.09. The minimum atomic E-state index is -0.153. The number of fused-ring (bicyclic) bond motifs is 1. The number of nitrogens with two attached hydrogens (primary N) is 1. The second-order valence-corrected chi connectivity index (χ2v) is 10.4. The number of nitrogens with one attached hydrogen (secondary N) is 2. The summed E-state index contributed by atoms with van der Waals surface area (Å²) in [6.45, 7) is 12.1. The van der Waals surface area contributed by atoms with Crippen molar-refractivity contribution in [1.82, 2.24) is 25.5 Å². The second-order valence-electron chi connectivity index (χ2n) is 9.10. The summed E-state index contributed by atoms with van der Waals surface area (Å²) in [7, 11) is 0. The summed E-state index contributed by atoms with van der Waals surface area (Å²) in [5.41, 5.74) is 8.87. The standard InChI is InChI=1S/C22H30BrClN6O2/c1-12(2)27-21(31)30-10-14-17(11-30)28-20(25)29-19(14)13-8-18(15(23)9-16(13)24)32-7-6-26-22(3,4)5/h8-9,12,26H,6-7,10-11H2,1-5H3,(H,27,31)(H2,25,28,29). The molecule has 0 unspecified atom stereocenters. The highest BCUT2D eigenvalue weighted by Crippen LogP contribution is 2.40. The van der Waals surface area contributed by atoms with Crippen LogP contribution in [0.4, 0.5) is 10.7 Å². The summed E-state index contributed by atoms with van der Waals surface area (Å²) < 4.78 is 6.73. The summed E-state index contributed by atoms with van der Waals surface area (Å²) in [5.74, 6) is 0.791. The molecule has 1 aliphatic heterocycles. The maximum absolute atomic E-state index is 12.5. The van der Waals surface area contributed by atoms with E-state index in [1.54, 1.807) is 11.0 Å². The Bertz CT molecular complexity index is 1010. The van der Waals surface area contributed by atoms with Gasteiger partial charge in [-0.25, -0.2) is 14.8 Å². The smallest absolute Gasteiger partial charge is 0.318 e. The molecule has 3 rings (SSSR count). The maximum atomic E-state index is 12.5. The van der Waals surface area contributed by atoms with Gasteiger partial charge in [0.15, 0.2) is 0 Å². The molecule has 4 N–H and O–H groups in total. The number of rotatable bonds is 6. The van der Waals surface area contributed by atoms with E-state index < -0.39 is 0 Å². The number of amides is 2. The number of carbonyl (C=O) groups excluding carboxylic acids is 1. The van der Waals surface area contributed by atoms with E-state index in [0.29, 0.717) is 48.3 Å². The molecule has 0 spiro atoms. The minimum Gasteiger partial charge on any atom is -0.491 e. The average molecular weight is 526 g/mol. The van der Waals surface area contributed by atoms with E-state index in [1.807, 2.05) is 19.9 Å². The van der Waals surface area contributed by atoms with Gasteiger partial charge in [0.1, 0.15) is 12.4 Å². The molecule has 2 aromatic rings. The molecule has 174 valence electrons. The predicted octanol–water partition coefficient (Wildman–Crippen LogP) is 4.34. The quantitative estimate of drug-likeness (QED) is 0.485. The van der Waals surface area contributed by atoms with Crippen molar-refractivity contribution >= 4 is 39.5 Å². The molecular formula is C22H30BrClN6O2. The van der Waals surface area contributed by atoms with Crippen molar-refractivity contribution in [3.05, 3.63) is 32.9 Å². The maximum Gasteiger partial charge on any atom is 0.318 e. The van der Waals surface area contributed by atoms with Crippen LogP contribution in [0.15, 0.2) is 16.6 Å². The monoisotopic (exact) mass is 524 g/mol. The number of aromatic nitrogens is 2. The molecule has 1 aliphatic rings. The van der Waals surface area contributed by atoms with Crippen LogP contribution in [0.2, 0.25) is 5.02 Å². The first kappa shape index (κ1) is 24.5. The van der Waals surface area contributed by atoms with Crippen LogP contribution in [0.5, 0.6) is 5.75 Å². The van der Waals surface area contributed by atoms with Crippen LogP contribution < -0.4 is 21.1 Å². The Labute approximate surface area is 202 Å². The number of hydrogen-bond acceptors (Lipinski definition) is 6. The number of nitrogen functional groups attached to an aromatic ring is 1. The summed E-state index contributed by atoms with van der Waals surface area (Å²) >= 11 is 10.1. The Hall–Kier alpha value is -2.10. The van der Waals surface area contributed by atoms with Crippen molar-refractivity contribution in [3.8, 4) is 17.0 Å². The van der Waals surface area contributed by atoms with Crippen LogP contribution in [0.1, 0.15) is 45.9 Å². The van der Waals surface area contributed by atoms with Gasteiger partial charge in [0.2, 0.25) is 5.95 Å². The van der Waals surface area contributed by atoms with Gasteiger partial charge < -0.3 is 26.0 Å². The van der Waals surface area contributed by atoms with Crippen molar-refractivity contribution in [1.29, 1.82) is 0 Å². The normalized spacial score (nSPS) is 13.4. The van der Waals surface area contributed by atoms with Gasteiger partial charge in [-0.3, -0.25) is 0 Å². The van der Waals surface area contributed by atoms with E-state index >= 15 is 0 Å². The molecule has 2 amide bonds. The number of anilines is 1. The number of carbonyl (C=O) groups is 1. The van der Waals surface area contributed by atoms with E-state index in [1.165, 1.54) is 0 Å². The van der Waals surface area contributed by atoms with E-state index in [9.17, 15) is 4.79 Å². The lowest BCUT2D eigenvalue weighted by Crippen LogP contribution is -2.40. The van der Waals surface area contributed by atoms with E-state index in [-0.39, 0.29) is 23.6 Å². The molecule has 0 atom stereocenters. The van der Waals surface area contributed by atoms with Gasteiger partial charge in [-0.15, -0.1) is 0 Å². The Morgan fingerprint density at radius 2 is 2.03 bits per heavy atom. The highest BCUT2D eigenvalue weighted by atomic mass is 79.9. The van der Waals surface area contributed by atoms with Crippen molar-refractivity contribution < 1.29 is 9.53 Å². The first-order chi connectivity index (χ1) is 14.9. The fourth-order valence-electron chi connectivity index (χ4n) is 3.39. The third-order valence-corrected chi connectivity index (χ3v) is 5.72. The minimum absolute atomic E-state index is 0.0124. The molecule has 0 radical (unpaired) electrons. The molecule has 32 heavy (non-hydrogen) atoms. The number of hydrogen-bond donors (Lipinski definition) is 3. The van der Waals surface area contributed by atoms with E-state index in [2.05, 4.69) is 57.3 Å². The summed E-state index contributed by atoms with van der Waals surface area (Å²) in [6.07, 6.45) is 0. The number of nitrogens with zero attached hydrogens (tertiary/aromatic N) is 3. The fraction of sp³-hybridized carbons (Fsp3) is 0.500. The molecule has 0 aliphatic carbocycles. The molecule has 0 saturated heterocycles. The second kappa shape index (κ2) is 9.80. The summed E-state index contributed by atoms with van der Waals surface area (Å²) in [4.78, 5) is 23.0. The SMILES string of the molecule is CC(C)NC(=O)N1Cc2nc(N)nc(-c3cc(OCCNC(C)(C)C)c(Br)cc3Cl)c2C1. The van der Waals surface area contributed by atoms with Crippen LogP contribution in [0, 0.1) is 0 Å². The van der Waals surface area contributed by atoms with E-state index in [0.717, 1.165) is 15.7 Å². The Kier molecular flexibility index (Phi) is 7.52. The molecule has 0 saturated carbocycles. The van der Waals surface area contributed by atoms with Crippen LogP contribution in [0.3, 0.4) is 0 Å². The largest absolute Gasteiger partial charge is 0.491 e. The number of halogens is 2. The van der Waals surface area contributed by atoms with Gasteiger partial charge in [-0.2, -0.15) is 0 Å². The zero-order valence-corrected chi connectivity index (χ0v) is 21.4. The van der Waals surface area contributed by atoms with Crippen LogP contribution in [0.25, 0.3) is 11.3 Å². The number of urea groups is 1. The van der Waals surface area contributed by atoms with Crippen molar-refractivity contribution in [3.63, 3.8) is 0 Å². The zero-order chi connectivity index (χ0) is 23.6. The molecule has 0 fully saturated rings. The van der Waals surface area contributed by atoms with Gasteiger partial charge in [0.05, 0.1) is 34.0 Å². The summed E-state index contributed by atoms with van der Waals surface area (Å²) in [5, 5.41) is 6.80. The molecule has 1 aromatic carbocycles. The van der Waals surface area contributed by atoms with Gasteiger partial charge >= 0.3 is 6.03 Å². The zero-order valence-electron chi connectivity index (χ0n) is 19.1. The topological polar surface area (TPSA) is 105 Å². The Balaban J connectivity index is 1.88. The highest BCUT2D eigenvalue weighted by molar-refractivity contribution is 9.10. The third-order valence-electron chi connectivity index (χ3n) is 4.79. The van der Waals surface area contributed by atoms with Gasteiger partial charge in [0, 0.05) is 29.3 Å². The Morgan fingerprint density at radius 3 is 2.69 bits per heavy atom. The van der Waals surface area contributed by atoms with Gasteiger partial charge in [0.25, 0.3) is 0 Å². The Morgan fingerprint density at radius 1 is 1.31 bits per heavy atom. The van der Waals surface area contributed by atoms with Crippen molar-refractivity contribution in [2.75, 3.05) is 18.9 Å². The first-order valence-electron chi connectivity index (χ1n) is 10.5. The van der Waals surface area contributed by atoms with Crippen LogP contribution in [-0.4, -0.2) is 45.6 Å². The number of ether oxygens (including phenoxy) is 1. The fourth-order valence-corrected chi connectivity index (χ4v) is 4.23. The third kappa shape index (κ3) is 6.02. The molecular weight excluding hydrogens is 496 g/mol. The van der Waals surface area contributed by atoms with Gasteiger partial charge in [-0.05, 0) is 62.7 Å². The number of benzene rings is 1. The van der Waals surface area contributed by atoms with Crippen LogP contribution >= 0.6 is 27.5 Å².